The third-order valence-electron chi connectivity index (χ3n) is 1.04. The highest BCUT2D eigenvalue weighted by molar-refractivity contribution is 4.81. The summed E-state index contributed by atoms with van der Waals surface area (Å²) in [6.45, 7) is 2.24. The van der Waals surface area contributed by atoms with Gasteiger partial charge in [0, 0.05) is 19.6 Å². The van der Waals surface area contributed by atoms with E-state index in [4.69, 9.17) is 10.2 Å². The average Bonchev–Trinajstić information content (AvgIpc) is 2.03. The lowest BCUT2D eigenvalue weighted by molar-refractivity contribution is 0.294. The van der Waals surface area contributed by atoms with Crippen LogP contribution in [0.2, 0.25) is 0 Å². The molecule has 11 heavy (non-hydrogen) atoms. The van der Waals surface area contributed by atoms with E-state index in [1.54, 1.807) is 6.20 Å². The average molecular weight is 160 g/mol. The first-order valence-electron chi connectivity index (χ1n) is 3.72. The summed E-state index contributed by atoms with van der Waals surface area (Å²) >= 11 is 0. The number of nitrogens with one attached hydrogen (secondary N) is 2. The Labute approximate surface area is 66.9 Å². The van der Waals surface area contributed by atoms with Gasteiger partial charge in [0.05, 0.1) is 13.2 Å². The number of aliphatic hydroxyl groups is 2. The number of hydrogen-bond donors (Lipinski definition) is 4. The Bertz CT molecular complexity index is 96.4. The molecule has 0 aliphatic rings. The fraction of sp³-hybridized carbons (Fsp3) is 0.714. The molecule has 0 radical (unpaired) electrons. The molecule has 0 aliphatic carbocycles. The van der Waals surface area contributed by atoms with E-state index in [0.717, 1.165) is 6.54 Å². The van der Waals surface area contributed by atoms with Gasteiger partial charge in [-0.25, -0.2) is 0 Å². The largest absolute Gasteiger partial charge is 0.395 e. The van der Waals surface area contributed by atoms with Crippen LogP contribution >= 0.6 is 0 Å². The summed E-state index contributed by atoms with van der Waals surface area (Å²) in [5.74, 6) is 0. The summed E-state index contributed by atoms with van der Waals surface area (Å²) in [6.07, 6.45) is 3.67. The van der Waals surface area contributed by atoms with Gasteiger partial charge in [0.2, 0.25) is 0 Å². The van der Waals surface area contributed by atoms with Gasteiger partial charge in [0.15, 0.2) is 0 Å². The van der Waals surface area contributed by atoms with Gasteiger partial charge in [-0.3, -0.25) is 0 Å². The minimum Gasteiger partial charge on any atom is -0.395 e. The van der Waals surface area contributed by atoms with Gasteiger partial charge in [-0.05, 0) is 6.20 Å². The van der Waals surface area contributed by atoms with Gasteiger partial charge >= 0.3 is 0 Å². The number of hydrogen-bond acceptors (Lipinski definition) is 4. The Kier molecular flexibility index (Phi) is 8.92. The van der Waals surface area contributed by atoms with Crippen LogP contribution in [0, 0.1) is 0 Å². The summed E-state index contributed by atoms with van der Waals surface area (Å²) in [5, 5.41) is 22.6. The topological polar surface area (TPSA) is 64.5 Å². The van der Waals surface area contributed by atoms with Crippen molar-refractivity contribution < 1.29 is 10.2 Å². The molecule has 4 N–H and O–H groups in total. The standard InChI is InChI=1S/C7H16N2O2/c10-6-4-8-2-1-3-9-5-7-11/h1-2,8-11H,3-7H2. The van der Waals surface area contributed by atoms with Crippen LogP contribution in [-0.2, 0) is 0 Å². The van der Waals surface area contributed by atoms with Crippen LogP contribution in [0.3, 0.4) is 0 Å². The SMILES string of the molecule is OCCNC=CCNCCO. The molecule has 0 rings (SSSR count). The van der Waals surface area contributed by atoms with Gasteiger partial charge in [-0.2, -0.15) is 0 Å². The molecule has 0 fully saturated rings. The van der Waals surface area contributed by atoms with E-state index in [9.17, 15) is 0 Å². The molecule has 0 bridgehead atoms. The van der Waals surface area contributed by atoms with Gasteiger partial charge < -0.3 is 20.8 Å². The third-order valence-corrected chi connectivity index (χ3v) is 1.04. The molecule has 0 atom stereocenters. The first-order chi connectivity index (χ1) is 5.41. The van der Waals surface area contributed by atoms with Crippen LogP contribution in [0.4, 0.5) is 0 Å². The Morgan fingerprint density at radius 3 is 2.45 bits per heavy atom. The molecule has 0 spiro atoms. The second-order valence-electron chi connectivity index (χ2n) is 2.01. The molecule has 0 aromatic carbocycles. The molecule has 0 aromatic heterocycles. The van der Waals surface area contributed by atoms with Crippen molar-refractivity contribution in [3.05, 3.63) is 12.3 Å². The van der Waals surface area contributed by atoms with Crippen molar-refractivity contribution in [3.8, 4) is 0 Å². The van der Waals surface area contributed by atoms with Crippen molar-refractivity contribution in [2.45, 2.75) is 0 Å². The zero-order chi connectivity index (χ0) is 8.36. The summed E-state index contributed by atoms with van der Waals surface area (Å²) in [7, 11) is 0. The maximum Gasteiger partial charge on any atom is 0.0603 e. The number of aliphatic hydroxyl groups excluding tert-OH is 2. The van der Waals surface area contributed by atoms with Gasteiger partial charge in [0.25, 0.3) is 0 Å². The summed E-state index contributed by atoms with van der Waals surface area (Å²) in [6, 6.07) is 0. The molecular weight excluding hydrogens is 144 g/mol. The van der Waals surface area contributed by atoms with Crippen molar-refractivity contribution in [2.75, 3.05) is 32.8 Å². The van der Waals surface area contributed by atoms with E-state index in [-0.39, 0.29) is 13.2 Å². The van der Waals surface area contributed by atoms with Gasteiger partial charge in [0.1, 0.15) is 0 Å². The smallest absolute Gasteiger partial charge is 0.0603 e. The van der Waals surface area contributed by atoms with Crippen LogP contribution in [0.5, 0.6) is 0 Å². The highest BCUT2D eigenvalue weighted by Gasteiger charge is 1.78. The maximum atomic E-state index is 8.37. The molecule has 66 valence electrons. The van der Waals surface area contributed by atoms with E-state index in [2.05, 4.69) is 10.6 Å². The zero-order valence-electron chi connectivity index (χ0n) is 6.58. The Morgan fingerprint density at radius 2 is 1.82 bits per heavy atom. The first kappa shape index (κ1) is 10.4. The van der Waals surface area contributed by atoms with Crippen molar-refractivity contribution in [1.29, 1.82) is 0 Å². The highest BCUT2D eigenvalue weighted by atomic mass is 16.3. The molecule has 0 aromatic rings. The van der Waals surface area contributed by atoms with Crippen LogP contribution in [0.25, 0.3) is 0 Å². The Balaban J connectivity index is 2.91. The molecule has 4 nitrogen and oxygen atoms in total. The lowest BCUT2D eigenvalue weighted by atomic mass is 10.5. The fourth-order valence-electron chi connectivity index (χ4n) is 0.555. The molecule has 0 saturated carbocycles. The van der Waals surface area contributed by atoms with Gasteiger partial charge in [-0.15, -0.1) is 0 Å². The lowest BCUT2D eigenvalue weighted by Gasteiger charge is -1.97. The molecule has 4 heteroatoms. The van der Waals surface area contributed by atoms with E-state index in [1.807, 2.05) is 6.08 Å². The predicted octanol–water partition coefficient (Wildman–Crippen LogP) is -1.34. The number of rotatable bonds is 7. The summed E-state index contributed by atoms with van der Waals surface area (Å²) in [4.78, 5) is 0. The molecule has 0 heterocycles. The summed E-state index contributed by atoms with van der Waals surface area (Å²) in [5.41, 5.74) is 0. The molecule has 0 unspecified atom stereocenters. The van der Waals surface area contributed by atoms with Crippen molar-refractivity contribution in [3.63, 3.8) is 0 Å². The maximum absolute atomic E-state index is 8.37. The van der Waals surface area contributed by atoms with E-state index >= 15 is 0 Å². The van der Waals surface area contributed by atoms with Crippen LogP contribution < -0.4 is 10.6 Å². The lowest BCUT2D eigenvalue weighted by Crippen LogP contribution is -2.18. The molecular formula is C7H16N2O2. The summed E-state index contributed by atoms with van der Waals surface area (Å²) < 4.78 is 0. The highest BCUT2D eigenvalue weighted by Crippen LogP contribution is 1.65. The first-order valence-corrected chi connectivity index (χ1v) is 3.72. The third kappa shape index (κ3) is 9.42. The van der Waals surface area contributed by atoms with E-state index in [0.29, 0.717) is 13.1 Å². The normalized spacial score (nSPS) is 10.7. The van der Waals surface area contributed by atoms with Crippen molar-refractivity contribution >= 4 is 0 Å². The molecule has 0 amide bonds. The zero-order valence-corrected chi connectivity index (χ0v) is 6.58. The predicted molar refractivity (Wildman–Crippen MR) is 44.2 cm³/mol. The van der Waals surface area contributed by atoms with Crippen molar-refractivity contribution in [2.24, 2.45) is 0 Å². The van der Waals surface area contributed by atoms with Crippen LogP contribution in [0.1, 0.15) is 0 Å². The monoisotopic (exact) mass is 160 g/mol. The second kappa shape index (κ2) is 9.42. The van der Waals surface area contributed by atoms with E-state index in [1.165, 1.54) is 0 Å². The van der Waals surface area contributed by atoms with Crippen molar-refractivity contribution in [1.82, 2.24) is 10.6 Å². The van der Waals surface area contributed by atoms with E-state index < -0.39 is 0 Å². The molecule has 0 saturated heterocycles. The second-order valence-corrected chi connectivity index (χ2v) is 2.01. The quantitative estimate of drug-likeness (QED) is 0.348. The fourth-order valence-corrected chi connectivity index (χ4v) is 0.555. The Morgan fingerprint density at radius 1 is 1.09 bits per heavy atom. The van der Waals surface area contributed by atoms with Gasteiger partial charge in [-0.1, -0.05) is 6.08 Å². The minimum absolute atomic E-state index is 0.147. The molecule has 0 aliphatic heterocycles. The van der Waals surface area contributed by atoms with Crippen LogP contribution in [0.15, 0.2) is 12.3 Å². The van der Waals surface area contributed by atoms with Crippen LogP contribution in [-0.4, -0.2) is 43.1 Å². The minimum atomic E-state index is 0.147. The Hall–Kier alpha value is -0.580.